The van der Waals surface area contributed by atoms with Gasteiger partial charge < -0.3 is 10.2 Å². The highest BCUT2D eigenvalue weighted by Crippen LogP contribution is 2.13. The number of benzene rings is 2. The second-order valence-corrected chi connectivity index (χ2v) is 4.84. The monoisotopic (exact) mass is 324 g/mol. The van der Waals surface area contributed by atoms with Crippen molar-refractivity contribution in [2.24, 2.45) is 0 Å². The lowest BCUT2D eigenvalue weighted by Crippen LogP contribution is -2.13. The predicted molar refractivity (Wildman–Crippen MR) is 85.2 cm³/mol. The summed E-state index contributed by atoms with van der Waals surface area (Å²) in [4.78, 5) is 33.8. The van der Waals surface area contributed by atoms with Gasteiger partial charge in [-0.1, -0.05) is 48.5 Å². The largest absolute Gasteiger partial charge is 0.477 e. The molecule has 0 aromatic heterocycles. The number of nitrogens with one attached hydrogen (secondary N) is 2. The molecule has 0 bridgehead atoms. The van der Waals surface area contributed by atoms with Crippen molar-refractivity contribution in [2.75, 3.05) is 0 Å². The summed E-state index contributed by atoms with van der Waals surface area (Å²) >= 11 is 0. The van der Waals surface area contributed by atoms with Gasteiger partial charge in [-0.05, 0) is 0 Å². The normalized spacial score (nSPS) is 10.0. The number of carboxylic acid groups (broad SMARTS) is 2. The summed E-state index contributed by atoms with van der Waals surface area (Å²) in [6, 6.07) is 11.2. The molecule has 0 spiro atoms. The van der Waals surface area contributed by atoms with Crippen LogP contribution in [-0.4, -0.2) is 39.4 Å². The lowest BCUT2D eigenvalue weighted by Gasteiger charge is -2.05. The average molecular weight is 324 g/mol. The summed E-state index contributed by atoms with van der Waals surface area (Å²) in [7, 11) is 0. The number of aliphatic carboxylic acids is 2. The van der Waals surface area contributed by atoms with Crippen LogP contribution in [0.2, 0.25) is 0 Å². The van der Waals surface area contributed by atoms with Crippen LogP contribution in [-0.2, 0) is 9.59 Å². The molecule has 0 heterocycles. The quantitative estimate of drug-likeness (QED) is 0.474. The Bertz CT molecular complexity index is 780. The van der Waals surface area contributed by atoms with Gasteiger partial charge >= 0.3 is 11.9 Å². The maximum atomic E-state index is 12.3. The zero-order valence-corrected chi connectivity index (χ0v) is 12.2. The van der Waals surface area contributed by atoms with Crippen LogP contribution in [0.15, 0.2) is 48.5 Å². The summed E-state index contributed by atoms with van der Waals surface area (Å²) in [5.41, 5.74) is -0.152. The van der Waals surface area contributed by atoms with Gasteiger partial charge in [0.15, 0.2) is 5.78 Å². The smallest absolute Gasteiger partial charge is 0.354 e. The van der Waals surface area contributed by atoms with Crippen LogP contribution >= 0.6 is 0 Å². The van der Waals surface area contributed by atoms with E-state index in [2.05, 4.69) is 0 Å². The molecule has 2 aromatic rings. The molecule has 7 nitrogen and oxygen atoms in total. The van der Waals surface area contributed by atoms with Crippen LogP contribution < -0.4 is 0 Å². The minimum Gasteiger partial charge on any atom is -0.477 e. The summed E-state index contributed by atoms with van der Waals surface area (Å²) in [6.45, 7) is 0. The van der Waals surface area contributed by atoms with Gasteiger partial charge in [0.05, 0.1) is 0 Å². The van der Waals surface area contributed by atoms with Crippen LogP contribution in [0.1, 0.15) is 27.0 Å². The molecule has 0 fully saturated rings. The van der Waals surface area contributed by atoms with E-state index in [1.54, 1.807) is 0 Å². The van der Waals surface area contributed by atoms with Crippen molar-refractivity contribution in [3.63, 3.8) is 0 Å². The Balaban J connectivity index is 2.23. The Morgan fingerprint density at radius 2 is 0.833 bits per heavy atom. The van der Waals surface area contributed by atoms with E-state index in [4.69, 9.17) is 21.0 Å². The van der Waals surface area contributed by atoms with Gasteiger partial charge in [-0.2, -0.15) is 0 Å². The molecule has 120 valence electrons. The van der Waals surface area contributed by atoms with Crippen molar-refractivity contribution in [3.8, 4) is 0 Å². The van der Waals surface area contributed by atoms with Gasteiger partial charge in [0.1, 0.15) is 11.4 Å². The number of carbonyl (C=O) groups is 3. The molecule has 0 radical (unpaired) electrons. The number of hydrogen-bond donors (Lipinski definition) is 4. The third kappa shape index (κ3) is 3.41. The highest BCUT2D eigenvalue weighted by molar-refractivity contribution is 6.41. The van der Waals surface area contributed by atoms with Crippen molar-refractivity contribution in [2.45, 2.75) is 0 Å². The van der Waals surface area contributed by atoms with Crippen LogP contribution in [0.4, 0.5) is 0 Å². The summed E-state index contributed by atoms with van der Waals surface area (Å²) in [5, 5.41) is 32.2. The molecule has 2 rings (SSSR count). The number of hydrogen-bond acceptors (Lipinski definition) is 5. The van der Waals surface area contributed by atoms with Gasteiger partial charge in [-0.3, -0.25) is 15.6 Å². The Morgan fingerprint density at radius 1 is 0.583 bits per heavy atom. The van der Waals surface area contributed by atoms with Crippen LogP contribution in [0.25, 0.3) is 0 Å². The zero-order chi connectivity index (χ0) is 17.9. The van der Waals surface area contributed by atoms with E-state index in [1.807, 2.05) is 0 Å². The van der Waals surface area contributed by atoms with Crippen molar-refractivity contribution >= 4 is 29.1 Å². The highest BCUT2D eigenvalue weighted by atomic mass is 16.4. The fraction of sp³-hybridized carbons (Fsp3) is 0. The van der Waals surface area contributed by atoms with E-state index in [9.17, 15) is 14.4 Å². The van der Waals surface area contributed by atoms with Crippen LogP contribution in [0, 0.1) is 10.8 Å². The first-order valence-corrected chi connectivity index (χ1v) is 6.70. The molecule has 4 N–H and O–H groups in total. The van der Waals surface area contributed by atoms with E-state index in [0.717, 1.165) is 0 Å². The van der Waals surface area contributed by atoms with Crippen molar-refractivity contribution in [1.82, 2.24) is 0 Å². The number of carbonyl (C=O) groups excluding carboxylic acids is 1. The summed E-state index contributed by atoms with van der Waals surface area (Å²) in [6.07, 6.45) is 0. The molecule has 0 atom stereocenters. The van der Waals surface area contributed by atoms with Crippen LogP contribution in [0.3, 0.4) is 0 Å². The summed E-state index contributed by atoms with van der Waals surface area (Å²) < 4.78 is 0. The molecule has 2 aromatic carbocycles. The van der Waals surface area contributed by atoms with Gasteiger partial charge in [-0.15, -0.1) is 0 Å². The molecular weight excluding hydrogens is 312 g/mol. The molecule has 0 saturated carbocycles. The Kier molecular flexibility index (Phi) is 4.65. The maximum Gasteiger partial charge on any atom is 0.354 e. The van der Waals surface area contributed by atoms with E-state index < -0.39 is 23.4 Å². The molecule has 0 amide bonds. The van der Waals surface area contributed by atoms with Gasteiger partial charge in [0, 0.05) is 22.3 Å². The Labute approximate surface area is 136 Å². The number of rotatable bonds is 6. The van der Waals surface area contributed by atoms with Gasteiger partial charge in [-0.25, -0.2) is 9.59 Å². The van der Waals surface area contributed by atoms with Gasteiger partial charge in [0.2, 0.25) is 0 Å². The van der Waals surface area contributed by atoms with Crippen molar-refractivity contribution in [3.05, 3.63) is 70.8 Å². The molecule has 0 aliphatic rings. The molecule has 0 aliphatic carbocycles. The first kappa shape index (κ1) is 16.8. The minimum atomic E-state index is -1.36. The second kappa shape index (κ2) is 6.66. The molecule has 0 saturated heterocycles. The Morgan fingerprint density at radius 3 is 1.08 bits per heavy atom. The molecule has 24 heavy (non-hydrogen) atoms. The number of ketones is 1. The first-order chi connectivity index (χ1) is 11.3. The molecule has 7 heteroatoms. The standard InChI is InChI=1S/C17H12N2O5/c18-13(16(21)22)9-1-5-11(6-2-9)15(20)12-7-3-10(4-8-12)14(19)17(23)24/h1-8,18-19H,(H,21,22)(H,23,24). The maximum absolute atomic E-state index is 12.3. The van der Waals surface area contributed by atoms with Gasteiger partial charge in [0.25, 0.3) is 0 Å². The highest BCUT2D eigenvalue weighted by Gasteiger charge is 2.14. The molecule has 0 unspecified atom stereocenters. The van der Waals surface area contributed by atoms with Crippen LogP contribution in [0.5, 0.6) is 0 Å². The average Bonchev–Trinajstić information content (AvgIpc) is 2.60. The fourth-order valence-electron chi connectivity index (χ4n) is 1.99. The van der Waals surface area contributed by atoms with Crippen molar-refractivity contribution in [1.29, 1.82) is 10.8 Å². The number of carboxylic acids is 2. The first-order valence-electron chi connectivity index (χ1n) is 6.70. The zero-order valence-electron chi connectivity index (χ0n) is 12.2. The SMILES string of the molecule is N=C(C(=O)O)c1ccc(C(=O)c2ccc(C(=N)C(=O)O)cc2)cc1. The molecule has 0 aliphatic heterocycles. The van der Waals surface area contributed by atoms with E-state index in [-0.39, 0.29) is 16.9 Å². The van der Waals surface area contributed by atoms with E-state index in [0.29, 0.717) is 11.1 Å². The minimum absolute atomic E-state index is 0.185. The molecular formula is C17H12N2O5. The second-order valence-electron chi connectivity index (χ2n) is 4.84. The van der Waals surface area contributed by atoms with Crippen molar-refractivity contribution < 1.29 is 24.6 Å². The predicted octanol–water partition coefficient (Wildman–Crippen LogP) is 1.82. The van der Waals surface area contributed by atoms with E-state index >= 15 is 0 Å². The lowest BCUT2D eigenvalue weighted by molar-refractivity contribution is -0.130. The fourth-order valence-corrected chi connectivity index (χ4v) is 1.99. The topological polar surface area (TPSA) is 139 Å². The third-order valence-electron chi connectivity index (χ3n) is 3.30. The third-order valence-corrected chi connectivity index (χ3v) is 3.30. The lowest BCUT2D eigenvalue weighted by atomic mass is 9.99. The van der Waals surface area contributed by atoms with E-state index in [1.165, 1.54) is 48.5 Å². The Hall–Kier alpha value is -3.61. The summed E-state index contributed by atoms with van der Waals surface area (Å²) in [5.74, 6) is -3.05.